The van der Waals surface area contributed by atoms with E-state index in [4.69, 9.17) is 15.2 Å². The second-order valence-corrected chi connectivity index (χ2v) is 5.20. The van der Waals surface area contributed by atoms with Crippen LogP contribution < -0.4 is 15.2 Å². The van der Waals surface area contributed by atoms with Gasteiger partial charge in [-0.15, -0.1) is 0 Å². The number of rotatable bonds is 7. The molecule has 2 aromatic rings. The van der Waals surface area contributed by atoms with E-state index in [1.165, 1.54) is 4.90 Å². The maximum absolute atomic E-state index is 11.6. The molecule has 0 radical (unpaired) electrons. The monoisotopic (exact) mass is 326 g/mol. The van der Waals surface area contributed by atoms with E-state index in [-0.39, 0.29) is 0 Å². The predicted molar refractivity (Wildman–Crippen MR) is 95.0 cm³/mol. The van der Waals surface area contributed by atoms with Crippen LogP contribution in [0.25, 0.3) is 6.08 Å². The van der Waals surface area contributed by atoms with E-state index in [1.54, 1.807) is 20.4 Å². The zero-order valence-electron chi connectivity index (χ0n) is 13.9. The molecule has 126 valence electrons. The fraction of sp³-hybridized carbons (Fsp3) is 0.211. The molecule has 0 fully saturated rings. The van der Waals surface area contributed by atoms with E-state index in [2.05, 4.69) is 0 Å². The summed E-state index contributed by atoms with van der Waals surface area (Å²) in [6.07, 6.45) is 4.24. The predicted octanol–water partition coefficient (Wildman–Crippen LogP) is 3.30. The highest BCUT2D eigenvalue weighted by Gasteiger charge is 2.07. The van der Waals surface area contributed by atoms with Gasteiger partial charge in [-0.2, -0.15) is 0 Å². The number of amides is 2. The zero-order chi connectivity index (χ0) is 17.4. The molecule has 0 saturated heterocycles. The summed E-state index contributed by atoms with van der Waals surface area (Å²) >= 11 is 0. The first-order valence-corrected chi connectivity index (χ1v) is 7.64. The average molecular weight is 326 g/mol. The van der Waals surface area contributed by atoms with Crippen molar-refractivity contribution in [1.29, 1.82) is 0 Å². The maximum atomic E-state index is 11.6. The van der Waals surface area contributed by atoms with Gasteiger partial charge in [-0.05, 0) is 35.8 Å². The number of methoxy groups -OCH3 is 2. The SMILES string of the molecule is COc1ccc(C=CN(CCc2ccccc2)C(N)=O)cc1OC. The molecule has 0 aliphatic rings. The van der Waals surface area contributed by atoms with Gasteiger partial charge in [-0.3, -0.25) is 0 Å². The third-order valence-electron chi connectivity index (χ3n) is 3.62. The lowest BCUT2D eigenvalue weighted by atomic mass is 10.1. The lowest BCUT2D eigenvalue weighted by Crippen LogP contribution is -2.32. The average Bonchev–Trinajstić information content (AvgIpc) is 2.62. The second-order valence-electron chi connectivity index (χ2n) is 5.20. The number of primary amides is 1. The Morgan fingerprint density at radius 1 is 1.08 bits per heavy atom. The van der Waals surface area contributed by atoms with Gasteiger partial charge in [0.25, 0.3) is 0 Å². The quantitative estimate of drug-likeness (QED) is 0.849. The van der Waals surface area contributed by atoms with E-state index >= 15 is 0 Å². The Morgan fingerprint density at radius 2 is 1.79 bits per heavy atom. The zero-order valence-corrected chi connectivity index (χ0v) is 13.9. The topological polar surface area (TPSA) is 64.8 Å². The molecular weight excluding hydrogens is 304 g/mol. The van der Waals surface area contributed by atoms with Crippen molar-refractivity contribution in [2.75, 3.05) is 20.8 Å². The summed E-state index contributed by atoms with van der Waals surface area (Å²) in [4.78, 5) is 13.1. The van der Waals surface area contributed by atoms with Crippen LogP contribution in [-0.4, -0.2) is 31.7 Å². The Morgan fingerprint density at radius 3 is 2.42 bits per heavy atom. The van der Waals surface area contributed by atoms with Crippen LogP contribution in [0.4, 0.5) is 4.79 Å². The van der Waals surface area contributed by atoms with Gasteiger partial charge in [0.2, 0.25) is 0 Å². The largest absolute Gasteiger partial charge is 0.493 e. The summed E-state index contributed by atoms with van der Waals surface area (Å²) in [5.41, 5.74) is 7.50. The molecule has 0 aliphatic heterocycles. The molecule has 2 amide bonds. The van der Waals surface area contributed by atoms with Crippen LogP contribution in [0, 0.1) is 0 Å². The first kappa shape index (κ1) is 17.4. The summed E-state index contributed by atoms with van der Waals surface area (Å²) in [7, 11) is 3.17. The summed E-state index contributed by atoms with van der Waals surface area (Å²) in [5.74, 6) is 1.29. The molecule has 0 unspecified atom stereocenters. The van der Waals surface area contributed by atoms with Crippen molar-refractivity contribution in [2.24, 2.45) is 5.73 Å². The highest BCUT2D eigenvalue weighted by Crippen LogP contribution is 2.28. The number of benzene rings is 2. The fourth-order valence-electron chi connectivity index (χ4n) is 2.28. The second kappa shape index (κ2) is 8.62. The first-order valence-electron chi connectivity index (χ1n) is 7.64. The van der Waals surface area contributed by atoms with Crippen molar-refractivity contribution < 1.29 is 14.3 Å². The van der Waals surface area contributed by atoms with Crippen molar-refractivity contribution in [3.05, 3.63) is 65.9 Å². The van der Waals surface area contributed by atoms with E-state index in [0.717, 1.165) is 17.5 Å². The number of hydrogen-bond donors (Lipinski definition) is 1. The Bertz CT molecular complexity index is 699. The van der Waals surface area contributed by atoms with Crippen molar-refractivity contribution >= 4 is 12.1 Å². The minimum atomic E-state index is -0.484. The molecule has 5 nitrogen and oxygen atoms in total. The van der Waals surface area contributed by atoms with Gasteiger partial charge < -0.3 is 20.1 Å². The number of hydrogen-bond acceptors (Lipinski definition) is 3. The maximum Gasteiger partial charge on any atom is 0.318 e. The number of carbonyl (C=O) groups excluding carboxylic acids is 1. The molecule has 2 N–H and O–H groups in total. The van der Waals surface area contributed by atoms with E-state index < -0.39 is 6.03 Å². The highest BCUT2D eigenvalue weighted by molar-refractivity contribution is 5.74. The fourth-order valence-corrected chi connectivity index (χ4v) is 2.28. The van der Waals surface area contributed by atoms with Crippen LogP contribution in [0.2, 0.25) is 0 Å². The molecule has 0 bridgehead atoms. The van der Waals surface area contributed by atoms with Crippen LogP contribution in [-0.2, 0) is 6.42 Å². The normalized spacial score (nSPS) is 10.6. The lowest BCUT2D eigenvalue weighted by molar-refractivity contribution is 0.225. The standard InChI is InChI=1S/C19H22N2O3/c1-23-17-9-8-16(14-18(17)24-2)11-13-21(19(20)22)12-10-15-6-4-3-5-7-15/h3-9,11,13-14H,10,12H2,1-2H3,(H2,20,22). The molecule has 2 aromatic carbocycles. The van der Waals surface area contributed by atoms with Crippen molar-refractivity contribution in [2.45, 2.75) is 6.42 Å². The minimum Gasteiger partial charge on any atom is -0.493 e. The Hall–Kier alpha value is -2.95. The Labute approximate surface area is 142 Å². The summed E-state index contributed by atoms with van der Waals surface area (Å²) in [6.45, 7) is 0.517. The van der Waals surface area contributed by atoms with Gasteiger partial charge in [-0.1, -0.05) is 36.4 Å². The van der Waals surface area contributed by atoms with Crippen molar-refractivity contribution in [3.8, 4) is 11.5 Å². The third-order valence-corrected chi connectivity index (χ3v) is 3.62. The number of nitrogens with zero attached hydrogens (tertiary/aromatic N) is 1. The van der Waals surface area contributed by atoms with Crippen molar-refractivity contribution in [3.63, 3.8) is 0 Å². The van der Waals surface area contributed by atoms with E-state index in [0.29, 0.717) is 18.0 Å². The van der Waals surface area contributed by atoms with Gasteiger partial charge >= 0.3 is 6.03 Å². The molecule has 0 aromatic heterocycles. The molecule has 2 rings (SSSR count). The van der Waals surface area contributed by atoms with Gasteiger partial charge in [0.05, 0.1) is 14.2 Å². The third kappa shape index (κ3) is 4.78. The molecule has 0 heterocycles. The Balaban J connectivity index is 2.07. The van der Waals surface area contributed by atoms with E-state index in [9.17, 15) is 4.79 Å². The van der Waals surface area contributed by atoms with E-state index in [1.807, 2.05) is 54.6 Å². The van der Waals surface area contributed by atoms with Crippen LogP contribution in [0.3, 0.4) is 0 Å². The summed E-state index contributed by atoms with van der Waals surface area (Å²) < 4.78 is 10.5. The van der Waals surface area contributed by atoms with Gasteiger partial charge in [0.1, 0.15) is 0 Å². The van der Waals surface area contributed by atoms with Gasteiger partial charge in [0.15, 0.2) is 11.5 Å². The number of ether oxygens (including phenoxy) is 2. The minimum absolute atomic E-state index is 0.484. The highest BCUT2D eigenvalue weighted by atomic mass is 16.5. The summed E-state index contributed by atoms with van der Waals surface area (Å²) in [6, 6.07) is 15.0. The summed E-state index contributed by atoms with van der Waals surface area (Å²) in [5, 5.41) is 0. The number of urea groups is 1. The smallest absolute Gasteiger partial charge is 0.318 e. The molecular formula is C19H22N2O3. The lowest BCUT2D eigenvalue weighted by Gasteiger charge is -2.15. The molecule has 0 aliphatic carbocycles. The molecule has 0 atom stereocenters. The van der Waals surface area contributed by atoms with Crippen LogP contribution in [0.15, 0.2) is 54.7 Å². The Kier molecular flexibility index (Phi) is 6.25. The molecule has 24 heavy (non-hydrogen) atoms. The number of carbonyl (C=O) groups is 1. The molecule has 0 saturated carbocycles. The van der Waals surface area contributed by atoms with Crippen LogP contribution >= 0.6 is 0 Å². The van der Waals surface area contributed by atoms with Crippen LogP contribution in [0.5, 0.6) is 11.5 Å². The number of nitrogens with two attached hydrogens (primary N) is 1. The molecule has 5 heteroatoms. The van der Waals surface area contributed by atoms with Crippen LogP contribution in [0.1, 0.15) is 11.1 Å². The molecule has 0 spiro atoms. The first-order chi connectivity index (χ1) is 11.6. The van der Waals surface area contributed by atoms with Gasteiger partial charge in [0, 0.05) is 12.7 Å². The van der Waals surface area contributed by atoms with Gasteiger partial charge in [-0.25, -0.2) is 4.79 Å². The van der Waals surface area contributed by atoms with Crippen molar-refractivity contribution in [1.82, 2.24) is 4.90 Å².